The van der Waals surface area contributed by atoms with Crippen LogP contribution in [0.1, 0.15) is 44.1 Å². The Hall–Kier alpha value is -1.80. The van der Waals surface area contributed by atoms with E-state index in [0.29, 0.717) is 24.4 Å². The molecule has 0 aliphatic heterocycles. The van der Waals surface area contributed by atoms with Gasteiger partial charge in [-0.3, -0.25) is 4.79 Å². The van der Waals surface area contributed by atoms with Gasteiger partial charge in [-0.05, 0) is 38.8 Å². The molecule has 108 valence electrons. The molecule has 1 aromatic heterocycles. The van der Waals surface area contributed by atoms with Crippen LogP contribution in [0.3, 0.4) is 0 Å². The van der Waals surface area contributed by atoms with Gasteiger partial charge >= 0.3 is 0 Å². The van der Waals surface area contributed by atoms with E-state index in [4.69, 9.17) is 4.42 Å². The van der Waals surface area contributed by atoms with E-state index < -0.39 is 11.0 Å². The molecule has 0 unspecified atom stereocenters. The minimum absolute atomic E-state index is 0.0300. The number of nitrogens with one attached hydrogen (secondary N) is 1. The second kappa shape index (κ2) is 5.29. The van der Waals surface area contributed by atoms with Gasteiger partial charge in [-0.1, -0.05) is 12.8 Å². The summed E-state index contributed by atoms with van der Waals surface area (Å²) in [5.74, 6) is 0.824. The molecular weight excluding hydrogens is 256 g/mol. The van der Waals surface area contributed by atoms with Crippen molar-refractivity contribution in [1.82, 2.24) is 5.32 Å². The molecule has 0 aromatic carbocycles. The lowest BCUT2D eigenvalue weighted by atomic mass is 9.87. The molecule has 0 spiro atoms. The fraction of sp³-hybridized carbons (Fsp3) is 0.600. The van der Waals surface area contributed by atoms with Crippen LogP contribution in [0.25, 0.3) is 0 Å². The Labute approximate surface area is 118 Å². The van der Waals surface area contributed by atoms with E-state index in [2.05, 4.69) is 11.4 Å². The Morgan fingerprint density at radius 1 is 1.55 bits per heavy atom. The Morgan fingerprint density at radius 3 is 2.70 bits per heavy atom. The molecular formula is C15H20N2O3. The van der Waals surface area contributed by atoms with E-state index in [1.165, 1.54) is 0 Å². The average molecular weight is 276 g/mol. The van der Waals surface area contributed by atoms with Gasteiger partial charge in [-0.15, -0.1) is 0 Å². The number of aliphatic hydroxyl groups is 1. The molecule has 1 aliphatic rings. The summed E-state index contributed by atoms with van der Waals surface area (Å²) in [6, 6.07) is 5.60. The van der Waals surface area contributed by atoms with Crippen molar-refractivity contribution in [2.45, 2.75) is 45.1 Å². The fourth-order valence-electron chi connectivity index (χ4n) is 2.60. The first-order chi connectivity index (χ1) is 9.39. The van der Waals surface area contributed by atoms with Crippen LogP contribution in [0.4, 0.5) is 0 Å². The molecule has 1 atom stereocenters. The predicted molar refractivity (Wildman–Crippen MR) is 72.5 cm³/mol. The summed E-state index contributed by atoms with van der Waals surface area (Å²) in [5.41, 5.74) is -2.20. The molecule has 1 heterocycles. The zero-order chi connectivity index (χ0) is 14.8. The number of carbonyl (C=O) groups excluding carboxylic acids is 1. The molecule has 2 N–H and O–H groups in total. The Kier molecular flexibility index (Phi) is 3.87. The van der Waals surface area contributed by atoms with Gasteiger partial charge in [0.15, 0.2) is 0 Å². The van der Waals surface area contributed by atoms with E-state index in [9.17, 15) is 15.2 Å². The summed E-state index contributed by atoms with van der Waals surface area (Å²) >= 11 is 0. The first-order valence-electron chi connectivity index (χ1n) is 6.88. The highest BCUT2D eigenvalue weighted by atomic mass is 16.4. The maximum atomic E-state index is 12.2. The van der Waals surface area contributed by atoms with Crippen LogP contribution in [0.5, 0.6) is 0 Å². The van der Waals surface area contributed by atoms with Crippen molar-refractivity contribution in [3.63, 3.8) is 0 Å². The number of rotatable bonds is 4. The SMILES string of the molecule is Cc1ccc([C@@](C)(O)CNC(=O)C2(C#N)CCCC2)o1. The number of hydrogen-bond acceptors (Lipinski definition) is 4. The summed E-state index contributed by atoms with van der Waals surface area (Å²) < 4.78 is 5.39. The second-order valence-corrected chi connectivity index (χ2v) is 5.77. The topological polar surface area (TPSA) is 86.3 Å². The minimum atomic E-state index is -1.28. The number of hydrogen-bond donors (Lipinski definition) is 2. The normalized spacial score (nSPS) is 20.1. The van der Waals surface area contributed by atoms with Crippen LogP contribution in [-0.4, -0.2) is 17.6 Å². The monoisotopic (exact) mass is 276 g/mol. The Balaban J connectivity index is 2.01. The molecule has 20 heavy (non-hydrogen) atoms. The average Bonchev–Trinajstić information content (AvgIpc) is 3.05. The number of nitrogens with zero attached hydrogens (tertiary/aromatic N) is 1. The van der Waals surface area contributed by atoms with E-state index in [1.807, 2.05) is 0 Å². The third-order valence-electron chi connectivity index (χ3n) is 3.97. The van der Waals surface area contributed by atoms with Crippen molar-refractivity contribution in [2.24, 2.45) is 5.41 Å². The van der Waals surface area contributed by atoms with Gasteiger partial charge in [0, 0.05) is 0 Å². The number of carbonyl (C=O) groups is 1. The zero-order valence-electron chi connectivity index (χ0n) is 11.9. The van der Waals surface area contributed by atoms with Gasteiger partial charge in [0.2, 0.25) is 5.91 Å². The van der Waals surface area contributed by atoms with Crippen LogP contribution in [0.2, 0.25) is 0 Å². The highest BCUT2D eigenvalue weighted by molar-refractivity contribution is 5.85. The van der Waals surface area contributed by atoms with Gasteiger partial charge < -0.3 is 14.8 Å². The predicted octanol–water partition coefficient (Wildman–Crippen LogP) is 2.00. The van der Waals surface area contributed by atoms with Crippen molar-refractivity contribution in [2.75, 3.05) is 6.54 Å². The number of amides is 1. The first kappa shape index (κ1) is 14.6. The lowest BCUT2D eigenvalue weighted by molar-refractivity contribution is -0.129. The summed E-state index contributed by atoms with van der Waals surface area (Å²) in [7, 11) is 0. The molecule has 1 aliphatic carbocycles. The van der Waals surface area contributed by atoms with Crippen LogP contribution in [-0.2, 0) is 10.4 Å². The standard InChI is InChI=1S/C15H20N2O3/c1-11-5-6-12(20-11)14(2,19)10-17-13(18)15(9-16)7-3-4-8-15/h5-6,19H,3-4,7-8,10H2,1-2H3,(H,17,18)/t14-/m0/s1. The molecule has 1 amide bonds. The highest BCUT2D eigenvalue weighted by Crippen LogP contribution is 2.37. The Bertz CT molecular complexity index is 534. The third kappa shape index (κ3) is 2.70. The third-order valence-corrected chi connectivity index (χ3v) is 3.97. The highest BCUT2D eigenvalue weighted by Gasteiger charge is 2.42. The summed E-state index contributed by atoms with van der Waals surface area (Å²) in [5, 5.41) is 22.3. The van der Waals surface area contributed by atoms with Crippen LogP contribution in [0, 0.1) is 23.7 Å². The molecule has 5 nitrogen and oxygen atoms in total. The minimum Gasteiger partial charge on any atom is -0.463 e. The maximum absolute atomic E-state index is 12.2. The van der Waals surface area contributed by atoms with E-state index in [1.54, 1.807) is 26.0 Å². The molecule has 1 saturated carbocycles. The van der Waals surface area contributed by atoms with Gasteiger partial charge in [-0.25, -0.2) is 0 Å². The molecule has 5 heteroatoms. The quantitative estimate of drug-likeness (QED) is 0.880. The number of nitriles is 1. The van der Waals surface area contributed by atoms with Crippen LogP contribution >= 0.6 is 0 Å². The second-order valence-electron chi connectivity index (χ2n) is 5.77. The molecule has 0 radical (unpaired) electrons. The lowest BCUT2D eigenvalue weighted by Gasteiger charge is -2.25. The van der Waals surface area contributed by atoms with E-state index in [-0.39, 0.29) is 12.5 Å². The molecule has 1 aromatic rings. The molecule has 0 bridgehead atoms. The van der Waals surface area contributed by atoms with Gasteiger partial charge in [0.25, 0.3) is 0 Å². The fourth-order valence-corrected chi connectivity index (χ4v) is 2.60. The summed E-state index contributed by atoms with van der Waals surface area (Å²) in [6.45, 7) is 3.41. The maximum Gasteiger partial charge on any atom is 0.240 e. The number of furan rings is 1. The smallest absolute Gasteiger partial charge is 0.240 e. The largest absolute Gasteiger partial charge is 0.463 e. The summed E-state index contributed by atoms with van der Waals surface area (Å²) in [6.07, 6.45) is 2.98. The molecule has 1 fully saturated rings. The Morgan fingerprint density at radius 2 is 2.20 bits per heavy atom. The van der Waals surface area contributed by atoms with Crippen molar-refractivity contribution in [1.29, 1.82) is 5.26 Å². The van der Waals surface area contributed by atoms with Crippen molar-refractivity contribution in [3.05, 3.63) is 23.7 Å². The van der Waals surface area contributed by atoms with Crippen molar-refractivity contribution in [3.8, 4) is 6.07 Å². The van der Waals surface area contributed by atoms with Crippen molar-refractivity contribution < 1.29 is 14.3 Å². The van der Waals surface area contributed by atoms with Crippen LogP contribution < -0.4 is 5.32 Å². The molecule has 2 rings (SSSR count). The van der Waals surface area contributed by atoms with Gasteiger partial charge in [0.1, 0.15) is 22.5 Å². The van der Waals surface area contributed by atoms with Crippen LogP contribution in [0.15, 0.2) is 16.5 Å². The van der Waals surface area contributed by atoms with Gasteiger partial charge in [0.05, 0.1) is 12.6 Å². The zero-order valence-corrected chi connectivity index (χ0v) is 11.9. The van der Waals surface area contributed by atoms with Gasteiger partial charge in [-0.2, -0.15) is 5.26 Å². The van der Waals surface area contributed by atoms with E-state index >= 15 is 0 Å². The number of aryl methyl sites for hydroxylation is 1. The molecule has 0 saturated heterocycles. The first-order valence-corrected chi connectivity index (χ1v) is 6.88. The summed E-state index contributed by atoms with van der Waals surface area (Å²) in [4.78, 5) is 12.2. The lowest BCUT2D eigenvalue weighted by Crippen LogP contribution is -2.44. The van der Waals surface area contributed by atoms with E-state index in [0.717, 1.165) is 12.8 Å². The van der Waals surface area contributed by atoms with Crippen molar-refractivity contribution >= 4 is 5.91 Å².